The molecule has 13 heavy (non-hydrogen) atoms. The lowest BCUT2D eigenvalue weighted by Gasteiger charge is -2.12. The molecule has 0 saturated heterocycles. The first-order valence-corrected chi connectivity index (χ1v) is 4.12. The van der Waals surface area contributed by atoms with Gasteiger partial charge in [-0.2, -0.15) is 0 Å². The van der Waals surface area contributed by atoms with Crippen molar-refractivity contribution in [1.82, 2.24) is 0 Å². The summed E-state index contributed by atoms with van der Waals surface area (Å²) in [5.74, 6) is 1.06. The Bertz CT molecular complexity index is 319. The lowest BCUT2D eigenvalue weighted by atomic mass is 10.1. The maximum absolute atomic E-state index is 11.0. The lowest BCUT2D eigenvalue weighted by Crippen LogP contribution is -2.02. The van der Waals surface area contributed by atoms with Crippen LogP contribution in [0.3, 0.4) is 0 Å². The van der Waals surface area contributed by atoms with Crippen LogP contribution in [0, 0.1) is 0 Å². The number of hydrogen-bond acceptors (Lipinski definition) is 2. The Hall–Kier alpha value is -1.57. The number of rotatable bonds is 3. The third-order valence-corrected chi connectivity index (χ3v) is 1.69. The highest BCUT2D eigenvalue weighted by molar-refractivity contribution is 6.01. The predicted molar refractivity (Wildman–Crippen MR) is 51.9 cm³/mol. The summed E-state index contributed by atoms with van der Waals surface area (Å²) in [4.78, 5) is 11.0. The Labute approximate surface area is 77.9 Å². The molecule has 0 heterocycles. The van der Waals surface area contributed by atoms with Gasteiger partial charge in [-0.05, 0) is 12.2 Å². The van der Waals surface area contributed by atoms with E-state index in [4.69, 9.17) is 4.74 Å². The number of ether oxygens (including phenoxy) is 1. The molecule has 0 fully saturated rings. The number of carbonyl (C=O) groups is 1. The van der Waals surface area contributed by atoms with Crippen LogP contribution in [-0.4, -0.2) is 5.78 Å². The molecule has 0 aromatic carbocycles. The van der Waals surface area contributed by atoms with Crippen LogP contribution < -0.4 is 0 Å². The molecule has 2 nitrogen and oxygen atoms in total. The van der Waals surface area contributed by atoms with Crippen molar-refractivity contribution in [2.75, 3.05) is 0 Å². The Kier molecular flexibility index (Phi) is 2.85. The molecule has 0 N–H and O–H groups in total. The zero-order valence-corrected chi connectivity index (χ0v) is 7.67. The molecule has 0 atom stereocenters. The van der Waals surface area contributed by atoms with Crippen LogP contribution in [0.5, 0.6) is 0 Å². The van der Waals surface area contributed by atoms with Gasteiger partial charge in [-0.1, -0.05) is 20.1 Å². The fourth-order valence-corrected chi connectivity index (χ4v) is 0.858. The summed E-state index contributed by atoms with van der Waals surface area (Å²) in [5, 5.41) is 0. The fraction of sp³-hybridized carbons (Fsp3) is 0.182. The average Bonchev–Trinajstić information content (AvgIpc) is 2.11. The molecule has 0 aromatic heterocycles. The number of allylic oxidation sites excluding steroid dienone is 4. The van der Waals surface area contributed by atoms with Crippen molar-refractivity contribution in [3.8, 4) is 0 Å². The van der Waals surface area contributed by atoms with Crippen LogP contribution in [0.15, 0.2) is 48.5 Å². The summed E-state index contributed by atoms with van der Waals surface area (Å²) in [7, 11) is 0. The second-order valence-corrected chi connectivity index (χ2v) is 2.76. The van der Waals surface area contributed by atoms with Gasteiger partial charge < -0.3 is 4.74 Å². The van der Waals surface area contributed by atoms with E-state index in [1.807, 2.05) is 6.92 Å². The van der Waals surface area contributed by atoms with E-state index in [1.54, 1.807) is 6.08 Å². The van der Waals surface area contributed by atoms with Crippen molar-refractivity contribution in [3.63, 3.8) is 0 Å². The van der Waals surface area contributed by atoms with Gasteiger partial charge in [0.15, 0.2) is 5.78 Å². The van der Waals surface area contributed by atoms with Crippen LogP contribution in [0.2, 0.25) is 0 Å². The van der Waals surface area contributed by atoms with E-state index in [0.717, 1.165) is 6.42 Å². The highest BCUT2D eigenvalue weighted by atomic mass is 16.5. The van der Waals surface area contributed by atoms with Gasteiger partial charge in [0, 0.05) is 18.1 Å². The second kappa shape index (κ2) is 3.90. The second-order valence-electron chi connectivity index (χ2n) is 2.76. The maximum atomic E-state index is 11.0. The first kappa shape index (κ1) is 9.52. The van der Waals surface area contributed by atoms with Crippen LogP contribution in [0.4, 0.5) is 0 Å². The quantitative estimate of drug-likeness (QED) is 0.617. The number of ketones is 1. The Morgan fingerprint density at radius 1 is 1.54 bits per heavy atom. The van der Waals surface area contributed by atoms with Crippen molar-refractivity contribution >= 4 is 5.78 Å². The molecule has 0 radical (unpaired) electrons. The highest BCUT2D eigenvalue weighted by Gasteiger charge is 2.09. The monoisotopic (exact) mass is 176 g/mol. The third kappa shape index (κ3) is 2.44. The Balaban J connectivity index is 2.74. The van der Waals surface area contributed by atoms with E-state index in [9.17, 15) is 4.79 Å². The molecule has 1 aliphatic rings. The van der Waals surface area contributed by atoms with Gasteiger partial charge in [-0.3, -0.25) is 4.79 Å². The van der Waals surface area contributed by atoms with Crippen molar-refractivity contribution in [2.45, 2.75) is 13.3 Å². The molecule has 0 amide bonds. The first-order chi connectivity index (χ1) is 6.13. The van der Waals surface area contributed by atoms with Crippen LogP contribution in [-0.2, 0) is 9.53 Å². The first-order valence-electron chi connectivity index (χ1n) is 4.12. The summed E-state index contributed by atoms with van der Waals surface area (Å²) in [6.45, 7) is 9.37. The van der Waals surface area contributed by atoms with Crippen molar-refractivity contribution in [1.29, 1.82) is 0 Å². The van der Waals surface area contributed by atoms with Crippen LogP contribution in [0.25, 0.3) is 0 Å². The average molecular weight is 176 g/mol. The van der Waals surface area contributed by atoms with Crippen LogP contribution >= 0.6 is 0 Å². The molecule has 68 valence electrons. The summed E-state index contributed by atoms with van der Waals surface area (Å²) in [5.41, 5.74) is 0.703. The molecule has 0 aromatic rings. The minimum absolute atomic E-state index is 0.0775. The highest BCUT2D eigenvalue weighted by Crippen LogP contribution is 2.19. The fourth-order valence-electron chi connectivity index (χ4n) is 0.858. The summed E-state index contributed by atoms with van der Waals surface area (Å²) >= 11 is 0. The van der Waals surface area contributed by atoms with Gasteiger partial charge >= 0.3 is 0 Å². The molecule has 1 aliphatic carbocycles. The van der Waals surface area contributed by atoms with Crippen LogP contribution in [0.1, 0.15) is 13.3 Å². The standard InChI is InChI=1S/C11H12O2/c1-4-9(3)13-11-7-10(12)6-5-8(11)2/h5-7H,2-4H2,1H3. The van der Waals surface area contributed by atoms with E-state index in [0.29, 0.717) is 17.1 Å². The minimum Gasteiger partial charge on any atom is -0.462 e. The van der Waals surface area contributed by atoms with Gasteiger partial charge in [0.2, 0.25) is 0 Å². The van der Waals surface area contributed by atoms with E-state index >= 15 is 0 Å². The van der Waals surface area contributed by atoms with Crippen molar-refractivity contribution in [3.05, 3.63) is 48.5 Å². The van der Waals surface area contributed by atoms with E-state index in [2.05, 4.69) is 13.2 Å². The summed E-state index contributed by atoms with van der Waals surface area (Å²) in [6.07, 6.45) is 5.25. The van der Waals surface area contributed by atoms with E-state index in [-0.39, 0.29) is 5.78 Å². The Morgan fingerprint density at radius 2 is 2.23 bits per heavy atom. The normalized spacial score (nSPS) is 15.6. The molecule has 2 heteroatoms. The van der Waals surface area contributed by atoms with E-state index in [1.165, 1.54) is 12.2 Å². The van der Waals surface area contributed by atoms with E-state index < -0.39 is 0 Å². The number of hydrogen-bond donors (Lipinski definition) is 0. The molecule has 1 rings (SSSR count). The smallest absolute Gasteiger partial charge is 0.182 e. The molecular weight excluding hydrogens is 164 g/mol. The third-order valence-electron chi connectivity index (χ3n) is 1.69. The summed E-state index contributed by atoms with van der Waals surface area (Å²) in [6, 6.07) is 0. The largest absolute Gasteiger partial charge is 0.462 e. The predicted octanol–water partition coefficient (Wildman–Crippen LogP) is 2.51. The Morgan fingerprint density at radius 3 is 2.85 bits per heavy atom. The minimum atomic E-state index is -0.0775. The van der Waals surface area contributed by atoms with Gasteiger partial charge in [0.25, 0.3) is 0 Å². The maximum Gasteiger partial charge on any atom is 0.182 e. The van der Waals surface area contributed by atoms with Gasteiger partial charge in [0.1, 0.15) is 5.76 Å². The molecule has 0 aliphatic heterocycles. The van der Waals surface area contributed by atoms with Crippen molar-refractivity contribution < 1.29 is 9.53 Å². The molecule has 0 unspecified atom stereocenters. The molecule has 0 spiro atoms. The number of carbonyl (C=O) groups excluding carboxylic acids is 1. The topological polar surface area (TPSA) is 26.3 Å². The lowest BCUT2D eigenvalue weighted by molar-refractivity contribution is -0.110. The van der Waals surface area contributed by atoms with Gasteiger partial charge in [0.05, 0.1) is 5.76 Å². The van der Waals surface area contributed by atoms with Crippen molar-refractivity contribution in [2.24, 2.45) is 0 Å². The molecule has 0 bridgehead atoms. The molecule has 0 saturated carbocycles. The zero-order valence-electron chi connectivity index (χ0n) is 7.67. The molecular formula is C11H12O2. The SMILES string of the molecule is C=C(CC)OC1=CC(=O)C=CC1=C. The zero-order chi connectivity index (χ0) is 9.84. The summed E-state index contributed by atoms with van der Waals surface area (Å²) < 4.78 is 5.32. The van der Waals surface area contributed by atoms with Gasteiger partial charge in [-0.25, -0.2) is 0 Å². The van der Waals surface area contributed by atoms with Gasteiger partial charge in [-0.15, -0.1) is 0 Å².